The van der Waals surface area contributed by atoms with Crippen LogP contribution in [0.5, 0.6) is 0 Å². The third-order valence-electron chi connectivity index (χ3n) is 2.41. The van der Waals surface area contributed by atoms with Gasteiger partial charge in [-0.2, -0.15) is 10.2 Å². The van der Waals surface area contributed by atoms with E-state index in [1.807, 2.05) is 51.1 Å². The number of nitrogens with zero attached hydrogens (tertiary/aromatic N) is 3. The first-order valence-corrected chi connectivity index (χ1v) is 5.82. The lowest BCUT2D eigenvalue weighted by Crippen LogP contribution is -1.99. The van der Waals surface area contributed by atoms with Gasteiger partial charge in [0.1, 0.15) is 0 Å². The highest BCUT2D eigenvalue weighted by molar-refractivity contribution is 5.95. The summed E-state index contributed by atoms with van der Waals surface area (Å²) in [5, 5.41) is 14.4. The van der Waals surface area contributed by atoms with E-state index in [4.69, 9.17) is 0 Å². The lowest BCUT2D eigenvalue weighted by atomic mass is 10.2. The maximum absolute atomic E-state index is 4.27. The number of benzene rings is 1. The molecule has 0 aliphatic carbocycles. The van der Waals surface area contributed by atoms with E-state index in [1.165, 1.54) is 5.57 Å². The van der Waals surface area contributed by atoms with Crippen molar-refractivity contribution >= 4 is 22.3 Å². The highest BCUT2D eigenvalue weighted by Gasteiger charge is 2.00. The lowest BCUT2D eigenvalue weighted by molar-refractivity contribution is 1.04. The SMILES string of the molecule is CC(C)=C/C(C)=N/Nc1nncc2ccccc12. The number of allylic oxidation sites excluding steroid dienone is 2. The molecule has 0 saturated carbocycles. The molecule has 0 spiro atoms. The van der Waals surface area contributed by atoms with Gasteiger partial charge in [-0.25, -0.2) is 0 Å². The Bertz CT molecular complexity index is 605. The van der Waals surface area contributed by atoms with Gasteiger partial charge in [0.05, 0.1) is 11.9 Å². The van der Waals surface area contributed by atoms with Crippen LogP contribution in [-0.2, 0) is 0 Å². The Morgan fingerprint density at radius 1 is 1.22 bits per heavy atom. The molecule has 0 fully saturated rings. The van der Waals surface area contributed by atoms with E-state index < -0.39 is 0 Å². The zero-order valence-electron chi connectivity index (χ0n) is 10.8. The van der Waals surface area contributed by atoms with Crippen LogP contribution < -0.4 is 5.43 Å². The van der Waals surface area contributed by atoms with Gasteiger partial charge in [-0.1, -0.05) is 29.8 Å². The fourth-order valence-electron chi connectivity index (χ4n) is 1.70. The molecule has 0 bridgehead atoms. The largest absolute Gasteiger partial charge is 0.259 e. The fraction of sp³-hybridized carbons (Fsp3) is 0.214. The summed E-state index contributed by atoms with van der Waals surface area (Å²) in [6.45, 7) is 6.02. The molecule has 2 rings (SSSR count). The zero-order chi connectivity index (χ0) is 13.0. The van der Waals surface area contributed by atoms with E-state index in [2.05, 4.69) is 20.7 Å². The van der Waals surface area contributed by atoms with Gasteiger partial charge in [-0.3, -0.25) is 5.43 Å². The van der Waals surface area contributed by atoms with Crippen LogP contribution in [-0.4, -0.2) is 15.9 Å². The standard InChI is InChI=1S/C14H16N4/c1-10(2)8-11(3)16-18-14-13-7-5-4-6-12(13)9-15-17-14/h4-9H,1-3H3,(H,17,18)/b16-11+. The Balaban J connectivity index is 2.30. The minimum atomic E-state index is 0.676. The predicted molar refractivity (Wildman–Crippen MR) is 75.7 cm³/mol. The third kappa shape index (κ3) is 2.91. The molecule has 4 heteroatoms. The van der Waals surface area contributed by atoms with Crippen molar-refractivity contribution in [3.8, 4) is 0 Å². The van der Waals surface area contributed by atoms with Crippen LogP contribution in [0.3, 0.4) is 0 Å². The number of aromatic nitrogens is 2. The molecule has 0 amide bonds. The quantitative estimate of drug-likeness (QED) is 0.661. The second kappa shape index (κ2) is 5.40. The van der Waals surface area contributed by atoms with Crippen LogP contribution in [0.25, 0.3) is 10.8 Å². The Hall–Kier alpha value is -2.23. The first kappa shape index (κ1) is 12.2. The molecule has 0 unspecified atom stereocenters. The van der Waals surface area contributed by atoms with E-state index in [9.17, 15) is 0 Å². The normalized spacial score (nSPS) is 11.4. The molecule has 2 aromatic rings. The Labute approximate surface area is 106 Å². The Kier molecular flexibility index (Phi) is 3.67. The average Bonchev–Trinajstić information content (AvgIpc) is 2.35. The van der Waals surface area contributed by atoms with Gasteiger partial charge in [0.25, 0.3) is 0 Å². The highest BCUT2D eigenvalue weighted by Crippen LogP contribution is 2.18. The summed E-state index contributed by atoms with van der Waals surface area (Å²) in [4.78, 5) is 0. The van der Waals surface area contributed by atoms with Gasteiger partial charge in [-0.05, 0) is 26.8 Å². The van der Waals surface area contributed by atoms with Crippen molar-refractivity contribution < 1.29 is 0 Å². The van der Waals surface area contributed by atoms with Crippen LogP contribution in [0.15, 0.2) is 47.2 Å². The van der Waals surface area contributed by atoms with Crippen molar-refractivity contribution in [1.82, 2.24) is 10.2 Å². The van der Waals surface area contributed by atoms with Gasteiger partial charge in [0.15, 0.2) is 5.82 Å². The predicted octanol–water partition coefficient (Wildman–Crippen LogP) is 3.38. The molecular weight excluding hydrogens is 224 g/mol. The van der Waals surface area contributed by atoms with Crippen molar-refractivity contribution in [3.05, 3.63) is 42.1 Å². The first-order chi connectivity index (χ1) is 8.66. The number of rotatable bonds is 3. The van der Waals surface area contributed by atoms with Gasteiger partial charge in [-0.15, -0.1) is 5.10 Å². The monoisotopic (exact) mass is 240 g/mol. The maximum atomic E-state index is 4.27. The van der Waals surface area contributed by atoms with E-state index in [-0.39, 0.29) is 0 Å². The highest BCUT2D eigenvalue weighted by atomic mass is 15.3. The molecule has 0 aliphatic rings. The second-order valence-electron chi connectivity index (χ2n) is 4.37. The number of hydrazone groups is 1. The minimum Gasteiger partial charge on any atom is -0.259 e. The molecule has 1 aromatic heterocycles. The molecular formula is C14H16N4. The molecule has 0 saturated heterocycles. The third-order valence-corrected chi connectivity index (χ3v) is 2.41. The maximum Gasteiger partial charge on any atom is 0.176 e. The summed E-state index contributed by atoms with van der Waals surface area (Å²) < 4.78 is 0. The number of fused-ring (bicyclic) bond motifs is 1. The van der Waals surface area contributed by atoms with Crippen LogP contribution in [0.1, 0.15) is 20.8 Å². The van der Waals surface area contributed by atoms with E-state index in [1.54, 1.807) is 6.20 Å². The molecule has 0 radical (unpaired) electrons. The van der Waals surface area contributed by atoms with E-state index in [0.717, 1.165) is 16.5 Å². The molecule has 18 heavy (non-hydrogen) atoms. The van der Waals surface area contributed by atoms with E-state index in [0.29, 0.717) is 5.82 Å². The Morgan fingerprint density at radius 3 is 2.78 bits per heavy atom. The number of hydrogen-bond acceptors (Lipinski definition) is 4. The topological polar surface area (TPSA) is 50.2 Å². The molecule has 1 heterocycles. The zero-order valence-corrected chi connectivity index (χ0v) is 10.8. The van der Waals surface area contributed by atoms with Gasteiger partial charge < -0.3 is 0 Å². The van der Waals surface area contributed by atoms with Crippen LogP contribution in [0, 0.1) is 0 Å². The summed E-state index contributed by atoms with van der Waals surface area (Å²) in [5.74, 6) is 0.676. The molecule has 0 aliphatic heterocycles. The van der Waals surface area contributed by atoms with Crippen molar-refractivity contribution in [2.45, 2.75) is 20.8 Å². The van der Waals surface area contributed by atoms with Gasteiger partial charge in [0, 0.05) is 10.8 Å². The number of hydrogen-bond donors (Lipinski definition) is 1. The second-order valence-corrected chi connectivity index (χ2v) is 4.37. The summed E-state index contributed by atoms with van der Waals surface area (Å²) in [6, 6.07) is 7.95. The van der Waals surface area contributed by atoms with Crippen LogP contribution in [0.2, 0.25) is 0 Å². The van der Waals surface area contributed by atoms with Gasteiger partial charge in [0.2, 0.25) is 0 Å². The Morgan fingerprint density at radius 2 is 2.00 bits per heavy atom. The van der Waals surface area contributed by atoms with Crippen molar-refractivity contribution in [2.75, 3.05) is 5.43 Å². The lowest BCUT2D eigenvalue weighted by Gasteiger charge is -2.03. The van der Waals surface area contributed by atoms with Crippen LogP contribution >= 0.6 is 0 Å². The van der Waals surface area contributed by atoms with Crippen molar-refractivity contribution in [2.24, 2.45) is 5.10 Å². The molecule has 92 valence electrons. The molecule has 0 atom stereocenters. The summed E-state index contributed by atoms with van der Waals surface area (Å²) in [6.07, 6.45) is 3.75. The number of anilines is 1. The molecule has 1 N–H and O–H groups in total. The average molecular weight is 240 g/mol. The fourth-order valence-corrected chi connectivity index (χ4v) is 1.70. The summed E-state index contributed by atoms with van der Waals surface area (Å²) in [5.41, 5.74) is 5.08. The minimum absolute atomic E-state index is 0.676. The van der Waals surface area contributed by atoms with Gasteiger partial charge >= 0.3 is 0 Å². The number of nitrogens with one attached hydrogen (secondary N) is 1. The summed E-state index contributed by atoms with van der Waals surface area (Å²) >= 11 is 0. The smallest absolute Gasteiger partial charge is 0.176 e. The molecule has 1 aromatic carbocycles. The van der Waals surface area contributed by atoms with Crippen LogP contribution in [0.4, 0.5) is 5.82 Å². The van der Waals surface area contributed by atoms with Crippen molar-refractivity contribution in [3.63, 3.8) is 0 Å². The van der Waals surface area contributed by atoms with Crippen molar-refractivity contribution in [1.29, 1.82) is 0 Å². The molecule has 4 nitrogen and oxygen atoms in total. The van der Waals surface area contributed by atoms with E-state index >= 15 is 0 Å². The first-order valence-electron chi connectivity index (χ1n) is 5.82. The summed E-state index contributed by atoms with van der Waals surface area (Å²) in [7, 11) is 0.